The van der Waals surface area contributed by atoms with Crippen molar-refractivity contribution in [3.63, 3.8) is 0 Å². The molecule has 8 nitrogen and oxygen atoms in total. The van der Waals surface area contributed by atoms with Crippen molar-refractivity contribution >= 4 is 34.9 Å². The van der Waals surface area contributed by atoms with Crippen LogP contribution in [-0.4, -0.2) is 40.6 Å². The Labute approximate surface area is 149 Å². The van der Waals surface area contributed by atoms with Gasteiger partial charge in [0.05, 0.1) is 13.0 Å². The lowest BCUT2D eigenvalue weighted by Gasteiger charge is -2.09. The molecule has 0 radical (unpaired) electrons. The van der Waals surface area contributed by atoms with Crippen LogP contribution >= 0.6 is 11.8 Å². The number of thioether (sulfide) groups is 1. The highest BCUT2D eigenvalue weighted by molar-refractivity contribution is 8.13. The Hall–Kier alpha value is -2.55. The Kier molecular flexibility index (Phi) is 11.5. The predicted octanol–water partition coefficient (Wildman–Crippen LogP) is 2.45. The number of carbonyl (C=O) groups is 4. The first kappa shape index (κ1) is 22.4. The summed E-state index contributed by atoms with van der Waals surface area (Å²) >= 11 is 0.744. The van der Waals surface area contributed by atoms with Gasteiger partial charge in [-0.3, -0.25) is 9.59 Å². The van der Waals surface area contributed by atoms with E-state index in [9.17, 15) is 19.2 Å². The molecule has 0 saturated carbocycles. The Morgan fingerprint density at radius 3 is 2.36 bits per heavy atom. The van der Waals surface area contributed by atoms with Crippen molar-refractivity contribution in [2.75, 3.05) is 12.4 Å². The van der Waals surface area contributed by atoms with E-state index in [1.807, 2.05) is 6.92 Å². The summed E-state index contributed by atoms with van der Waals surface area (Å²) in [6.07, 6.45) is 0.554. The van der Waals surface area contributed by atoms with Gasteiger partial charge in [-0.25, -0.2) is 9.59 Å². The van der Waals surface area contributed by atoms with Gasteiger partial charge in [-0.2, -0.15) is 0 Å². The van der Waals surface area contributed by atoms with Gasteiger partial charge in [-0.1, -0.05) is 19.1 Å². The number of carboxylic acids is 1. The molecule has 0 heterocycles. The third-order valence-corrected chi connectivity index (χ3v) is 3.00. The number of benzene rings is 1. The highest BCUT2D eigenvalue weighted by Gasteiger charge is 2.16. The fourth-order valence-electron chi connectivity index (χ4n) is 1.34. The van der Waals surface area contributed by atoms with Gasteiger partial charge in [-0.05, 0) is 30.3 Å². The van der Waals surface area contributed by atoms with Crippen molar-refractivity contribution in [3.8, 4) is 5.75 Å². The summed E-state index contributed by atoms with van der Waals surface area (Å²) in [7, 11) is 0. The molecule has 0 aromatic heterocycles. The van der Waals surface area contributed by atoms with Crippen molar-refractivity contribution in [2.24, 2.45) is 5.73 Å². The molecule has 1 aromatic carbocycles. The van der Waals surface area contributed by atoms with Gasteiger partial charge in [-0.15, -0.1) is 0 Å². The van der Waals surface area contributed by atoms with Crippen LogP contribution in [0.4, 0.5) is 4.79 Å². The van der Waals surface area contributed by atoms with E-state index in [4.69, 9.17) is 14.6 Å². The number of esters is 1. The first-order valence-corrected chi connectivity index (χ1v) is 8.35. The van der Waals surface area contributed by atoms with Gasteiger partial charge >= 0.3 is 17.2 Å². The molecule has 1 aromatic rings. The third kappa shape index (κ3) is 11.6. The first-order valence-electron chi connectivity index (χ1n) is 7.36. The number of nitrogens with two attached hydrogens (primary N) is 1. The largest absolute Gasteiger partial charge is 0.481 e. The zero-order valence-corrected chi connectivity index (χ0v) is 14.8. The van der Waals surface area contributed by atoms with Crippen LogP contribution in [0.2, 0.25) is 0 Å². The van der Waals surface area contributed by atoms with Crippen LogP contribution in [-0.2, 0) is 14.3 Å². The van der Waals surface area contributed by atoms with E-state index >= 15 is 0 Å². The molecule has 25 heavy (non-hydrogen) atoms. The second-order valence-corrected chi connectivity index (χ2v) is 5.62. The average molecular weight is 371 g/mol. The van der Waals surface area contributed by atoms with E-state index in [0.717, 1.165) is 11.8 Å². The van der Waals surface area contributed by atoms with Crippen molar-refractivity contribution in [1.29, 1.82) is 0 Å². The number of para-hydroxylation sites is 1. The van der Waals surface area contributed by atoms with E-state index < -0.39 is 17.2 Å². The summed E-state index contributed by atoms with van der Waals surface area (Å²) in [5.41, 5.74) is 4.64. The van der Waals surface area contributed by atoms with E-state index in [1.165, 1.54) is 19.1 Å². The summed E-state index contributed by atoms with van der Waals surface area (Å²) in [5.74, 6) is -1.67. The van der Waals surface area contributed by atoms with Crippen molar-refractivity contribution < 1.29 is 33.8 Å². The molecule has 1 amide bonds. The standard InChI is InChI=1S/C14H16O6S.C2H5NO/c1-2-8-19-13(17)10-5-3-4-6-11(10)20-14(18)21-9-7-12(15)16;1-2(3)4/h3-6H,2,7-9H2,1H3,(H,15,16);1H3,(H2,3,4). The van der Waals surface area contributed by atoms with E-state index in [0.29, 0.717) is 6.42 Å². The van der Waals surface area contributed by atoms with Crippen LogP contribution in [0.1, 0.15) is 37.0 Å². The van der Waals surface area contributed by atoms with Crippen LogP contribution in [0.5, 0.6) is 5.75 Å². The number of rotatable bonds is 7. The van der Waals surface area contributed by atoms with E-state index in [2.05, 4.69) is 5.73 Å². The average Bonchev–Trinajstić information content (AvgIpc) is 2.52. The normalized spacial score (nSPS) is 9.36. The molecule has 0 aliphatic rings. The number of carbonyl (C=O) groups excluding carboxylic acids is 3. The van der Waals surface area contributed by atoms with Crippen LogP contribution in [0.3, 0.4) is 0 Å². The Balaban J connectivity index is 0.00000129. The summed E-state index contributed by atoms with van der Waals surface area (Å²) in [6, 6.07) is 6.25. The molecule has 0 unspecified atom stereocenters. The predicted molar refractivity (Wildman–Crippen MR) is 92.6 cm³/mol. The van der Waals surface area contributed by atoms with Crippen molar-refractivity contribution in [1.82, 2.24) is 0 Å². The molecule has 1 rings (SSSR count). The smallest absolute Gasteiger partial charge is 0.372 e. The second-order valence-electron chi connectivity index (χ2n) is 4.59. The number of amides is 1. The number of ether oxygens (including phenoxy) is 2. The van der Waals surface area contributed by atoms with Crippen molar-refractivity contribution in [2.45, 2.75) is 26.7 Å². The number of hydrogen-bond donors (Lipinski definition) is 2. The second kappa shape index (κ2) is 12.8. The minimum atomic E-state index is -0.987. The van der Waals surface area contributed by atoms with Crippen molar-refractivity contribution in [3.05, 3.63) is 29.8 Å². The fourth-order valence-corrected chi connectivity index (χ4v) is 1.93. The van der Waals surface area contributed by atoms with Gasteiger partial charge in [0.2, 0.25) is 5.91 Å². The molecule has 0 fully saturated rings. The molecule has 0 aliphatic carbocycles. The molecular formula is C16H21NO7S. The minimum absolute atomic E-state index is 0.103. The summed E-state index contributed by atoms with van der Waals surface area (Å²) in [4.78, 5) is 43.0. The van der Waals surface area contributed by atoms with Gasteiger partial charge in [0, 0.05) is 12.7 Å². The van der Waals surface area contributed by atoms with E-state index in [1.54, 1.807) is 12.1 Å². The van der Waals surface area contributed by atoms with Gasteiger partial charge < -0.3 is 20.3 Å². The number of hydrogen-bond acceptors (Lipinski definition) is 7. The lowest BCUT2D eigenvalue weighted by Crippen LogP contribution is -2.11. The summed E-state index contributed by atoms with van der Waals surface area (Å²) in [5, 5.41) is 7.83. The molecule has 138 valence electrons. The zero-order valence-electron chi connectivity index (χ0n) is 14.0. The first-order chi connectivity index (χ1) is 11.8. The maximum Gasteiger partial charge on any atom is 0.372 e. The molecule has 0 aliphatic heterocycles. The highest BCUT2D eigenvalue weighted by Crippen LogP contribution is 2.21. The maximum absolute atomic E-state index is 11.8. The molecule has 0 saturated heterocycles. The molecule has 0 atom stereocenters. The Morgan fingerprint density at radius 2 is 1.80 bits per heavy atom. The zero-order chi connectivity index (χ0) is 19.2. The lowest BCUT2D eigenvalue weighted by molar-refractivity contribution is -0.136. The topological polar surface area (TPSA) is 133 Å². The minimum Gasteiger partial charge on any atom is -0.481 e. The van der Waals surface area contributed by atoms with Crippen LogP contribution in [0, 0.1) is 0 Å². The maximum atomic E-state index is 11.8. The number of primary amides is 1. The van der Waals surface area contributed by atoms with E-state index in [-0.39, 0.29) is 36.0 Å². The number of aliphatic carboxylic acids is 1. The van der Waals surface area contributed by atoms with Crippen LogP contribution < -0.4 is 10.5 Å². The highest BCUT2D eigenvalue weighted by atomic mass is 32.2. The molecule has 0 bridgehead atoms. The summed E-state index contributed by atoms with van der Waals surface area (Å²) in [6.45, 7) is 3.47. The molecule has 9 heteroatoms. The van der Waals surface area contributed by atoms with Crippen LogP contribution in [0.25, 0.3) is 0 Å². The van der Waals surface area contributed by atoms with Crippen LogP contribution in [0.15, 0.2) is 24.3 Å². The monoisotopic (exact) mass is 371 g/mol. The van der Waals surface area contributed by atoms with Gasteiger partial charge in [0.25, 0.3) is 0 Å². The SMILES string of the molecule is CC(N)=O.CCCOC(=O)c1ccccc1OC(=O)SCCC(=O)O. The fraction of sp³-hybridized carbons (Fsp3) is 0.375. The summed E-state index contributed by atoms with van der Waals surface area (Å²) < 4.78 is 10.1. The quantitative estimate of drug-likeness (QED) is 0.698. The lowest BCUT2D eigenvalue weighted by atomic mass is 10.2. The molecule has 3 N–H and O–H groups in total. The Morgan fingerprint density at radius 1 is 1.20 bits per heavy atom. The molecular weight excluding hydrogens is 350 g/mol. The molecule has 0 spiro atoms. The number of carboxylic acid groups (broad SMARTS) is 1. The third-order valence-electron chi connectivity index (χ3n) is 2.27. The Bertz CT molecular complexity index is 600. The van der Waals surface area contributed by atoms with Gasteiger partial charge in [0.15, 0.2) is 0 Å². The van der Waals surface area contributed by atoms with Gasteiger partial charge in [0.1, 0.15) is 11.3 Å².